The maximum atomic E-state index is 12.4. The number of nitrogens with zero attached hydrogens (tertiary/aromatic N) is 2. The first kappa shape index (κ1) is 20.6. The average molecular weight is 445 g/mol. The molecule has 2 aromatic rings. The molecule has 166 valence electrons. The summed E-state index contributed by atoms with van der Waals surface area (Å²) in [6.07, 6.45) is 6.07. The van der Waals surface area contributed by atoms with Crippen molar-refractivity contribution in [2.75, 3.05) is 31.5 Å². The second-order valence-electron chi connectivity index (χ2n) is 9.10. The summed E-state index contributed by atoms with van der Waals surface area (Å²) < 4.78 is 6.43. The van der Waals surface area contributed by atoms with E-state index in [2.05, 4.69) is 21.6 Å². The highest BCUT2D eigenvalue weighted by molar-refractivity contribution is 6.35. The lowest BCUT2D eigenvalue weighted by molar-refractivity contribution is -0.128. The first-order valence-electron chi connectivity index (χ1n) is 11.3. The SMILES string of the molecule is CC(=O)N1CCCN(Cc2cc3cc(Cl)c4c(c3o2)C2(CCCCC2)NC(=O)N4)CC1. The van der Waals surface area contributed by atoms with Gasteiger partial charge in [0.25, 0.3) is 0 Å². The minimum atomic E-state index is -0.418. The van der Waals surface area contributed by atoms with Crippen molar-refractivity contribution in [1.29, 1.82) is 0 Å². The summed E-state index contributed by atoms with van der Waals surface area (Å²) >= 11 is 6.63. The van der Waals surface area contributed by atoms with Crippen LogP contribution in [0.5, 0.6) is 0 Å². The molecule has 1 aromatic carbocycles. The predicted molar refractivity (Wildman–Crippen MR) is 120 cm³/mol. The number of carbonyl (C=O) groups is 2. The van der Waals surface area contributed by atoms with E-state index in [9.17, 15) is 9.59 Å². The monoisotopic (exact) mass is 444 g/mol. The number of rotatable bonds is 2. The van der Waals surface area contributed by atoms with E-state index in [-0.39, 0.29) is 11.9 Å². The third-order valence-corrected chi connectivity index (χ3v) is 7.30. The zero-order chi connectivity index (χ0) is 21.6. The second kappa shape index (κ2) is 8.02. The second-order valence-corrected chi connectivity index (χ2v) is 9.50. The molecule has 0 radical (unpaired) electrons. The highest BCUT2D eigenvalue weighted by Gasteiger charge is 2.43. The third kappa shape index (κ3) is 3.78. The third-order valence-electron chi connectivity index (χ3n) is 7.00. The average Bonchev–Trinajstić information content (AvgIpc) is 2.96. The number of nitrogens with one attached hydrogen (secondary N) is 2. The predicted octanol–water partition coefficient (Wildman–Crippen LogP) is 4.43. The molecule has 1 spiro atoms. The van der Waals surface area contributed by atoms with Gasteiger partial charge < -0.3 is 20.0 Å². The Kier molecular flexibility index (Phi) is 5.34. The minimum Gasteiger partial charge on any atom is -0.459 e. The molecular weight excluding hydrogens is 416 g/mol. The maximum absolute atomic E-state index is 12.4. The molecule has 3 amide bonds. The smallest absolute Gasteiger partial charge is 0.319 e. The van der Waals surface area contributed by atoms with E-state index >= 15 is 0 Å². The zero-order valence-corrected chi connectivity index (χ0v) is 18.7. The fraction of sp³-hybridized carbons (Fsp3) is 0.565. The quantitative estimate of drug-likeness (QED) is 0.718. The minimum absolute atomic E-state index is 0.138. The zero-order valence-electron chi connectivity index (χ0n) is 17.9. The van der Waals surface area contributed by atoms with Gasteiger partial charge >= 0.3 is 6.03 Å². The number of hydrogen-bond acceptors (Lipinski definition) is 4. The number of amides is 3. The van der Waals surface area contributed by atoms with E-state index in [1.54, 1.807) is 6.92 Å². The van der Waals surface area contributed by atoms with E-state index in [4.69, 9.17) is 16.0 Å². The van der Waals surface area contributed by atoms with Gasteiger partial charge in [-0.3, -0.25) is 9.69 Å². The Morgan fingerprint density at radius 3 is 2.71 bits per heavy atom. The normalized spacial score (nSPS) is 21.5. The summed E-state index contributed by atoms with van der Waals surface area (Å²) in [7, 11) is 0. The van der Waals surface area contributed by atoms with E-state index in [0.717, 1.165) is 80.6 Å². The Morgan fingerprint density at radius 1 is 1.13 bits per heavy atom. The Morgan fingerprint density at radius 2 is 1.94 bits per heavy atom. The Balaban J connectivity index is 1.49. The lowest BCUT2D eigenvalue weighted by Gasteiger charge is -2.42. The summed E-state index contributed by atoms with van der Waals surface area (Å²) in [4.78, 5) is 28.4. The van der Waals surface area contributed by atoms with Crippen LogP contribution in [0.4, 0.5) is 10.5 Å². The summed E-state index contributed by atoms with van der Waals surface area (Å²) in [5, 5.41) is 7.65. The Labute approximate surface area is 187 Å². The molecule has 1 saturated carbocycles. The lowest BCUT2D eigenvalue weighted by atomic mass is 9.74. The van der Waals surface area contributed by atoms with Crippen LogP contribution in [0.15, 0.2) is 16.5 Å². The number of halogens is 1. The van der Waals surface area contributed by atoms with Crippen LogP contribution in [0.2, 0.25) is 5.02 Å². The van der Waals surface area contributed by atoms with Gasteiger partial charge in [0, 0.05) is 44.1 Å². The van der Waals surface area contributed by atoms with Gasteiger partial charge in [0.2, 0.25) is 5.91 Å². The molecule has 5 rings (SSSR count). The van der Waals surface area contributed by atoms with Gasteiger partial charge in [-0.1, -0.05) is 30.9 Å². The topological polar surface area (TPSA) is 77.8 Å². The van der Waals surface area contributed by atoms with Gasteiger partial charge in [0.1, 0.15) is 11.3 Å². The van der Waals surface area contributed by atoms with Crippen molar-refractivity contribution in [3.05, 3.63) is 28.5 Å². The molecule has 0 bridgehead atoms. The van der Waals surface area contributed by atoms with Crippen molar-refractivity contribution in [3.8, 4) is 0 Å². The van der Waals surface area contributed by atoms with Crippen molar-refractivity contribution >= 4 is 40.2 Å². The number of furan rings is 1. The molecule has 0 atom stereocenters. The summed E-state index contributed by atoms with van der Waals surface area (Å²) in [6, 6.07) is 3.77. The number of carbonyl (C=O) groups excluding carboxylic acids is 2. The fourth-order valence-corrected chi connectivity index (χ4v) is 5.74. The fourth-order valence-electron chi connectivity index (χ4n) is 5.48. The lowest BCUT2D eigenvalue weighted by Crippen LogP contribution is -2.52. The summed E-state index contributed by atoms with van der Waals surface area (Å²) in [5.41, 5.74) is 2.09. The molecule has 1 aliphatic carbocycles. The van der Waals surface area contributed by atoms with Gasteiger partial charge in [-0.25, -0.2) is 4.79 Å². The molecule has 1 saturated heterocycles. The van der Waals surface area contributed by atoms with E-state index < -0.39 is 5.54 Å². The van der Waals surface area contributed by atoms with Crippen LogP contribution < -0.4 is 10.6 Å². The van der Waals surface area contributed by atoms with E-state index in [1.807, 2.05) is 11.0 Å². The Bertz CT molecular complexity index is 1030. The van der Waals surface area contributed by atoms with Crippen molar-refractivity contribution in [3.63, 3.8) is 0 Å². The first-order chi connectivity index (χ1) is 14.9. The molecule has 31 heavy (non-hydrogen) atoms. The molecule has 2 N–H and O–H groups in total. The van der Waals surface area contributed by atoms with Crippen LogP contribution in [0.25, 0.3) is 11.0 Å². The van der Waals surface area contributed by atoms with Crippen LogP contribution in [-0.2, 0) is 16.9 Å². The van der Waals surface area contributed by atoms with Gasteiger partial charge in [-0.2, -0.15) is 0 Å². The molecular formula is C23H29ClN4O3. The molecule has 2 fully saturated rings. The van der Waals surface area contributed by atoms with Crippen molar-refractivity contribution < 1.29 is 14.0 Å². The largest absolute Gasteiger partial charge is 0.459 e. The number of hydrogen-bond donors (Lipinski definition) is 2. The Hall–Kier alpha value is -2.25. The molecule has 1 aromatic heterocycles. The van der Waals surface area contributed by atoms with E-state index in [0.29, 0.717) is 17.3 Å². The molecule has 8 heteroatoms. The van der Waals surface area contributed by atoms with Crippen molar-refractivity contribution in [2.24, 2.45) is 0 Å². The first-order valence-corrected chi connectivity index (χ1v) is 11.7. The summed E-state index contributed by atoms with van der Waals surface area (Å²) in [5.74, 6) is 1.03. The highest BCUT2D eigenvalue weighted by atomic mass is 35.5. The molecule has 0 unspecified atom stereocenters. The summed E-state index contributed by atoms with van der Waals surface area (Å²) in [6.45, 7) is 5.65. The van der Waals surface area contributed by atoms with Crippen LogP contribution in [0.1, 0.15) is 56.8 Å². The van der Waals surface area contributed by atoms with Gasteiger partial charge in [0.05, 0.1) is 22.8 Å². The van der Waals surface area contributed by atoms with Crippen LogP contribution in [0.3, 0.4) is 0 Å². The van der Waals surface area contributed by atoms with Crippen LogP contribution in [0, 0.1) is 0 Å². The highest BCUT2D eigenvalue weighted by Crippen LogP contribution is 2.49. The molecule has 7 nitrogen and oxygen atoms in total. The maximum Gasteiger partial charge on any atom is 0.319 e. The van der Waals surface area contributed by atoms with Gasteiger partial charge in [-0.15, -0.1) is 0 Å². The molecule has 3 aliphatic rings. The molecule has 3 heterocycles. The van der Waals surface area contributed by atoms with Crippen LogP contribution in [-0.4, -0.2) is 47.9 Å². The number of anilines is 1. The molecule has 2 aliphatic heterocycles. The van der Waals surface area contributed by atoms with E-state index in [1.165, 1.54) is 6.42 Å². The van der Waals surface area contributed by atoms with Gasteiger partial charge in [0.15, 0.2) is 0 Å². The van der Waals surface area contributed by atoms with Crippen molar-refractivity contribution in [2.45, 2.75) is 57.5 Å². The standard InChI is InChI=1S/C23H29ClN4O3/c1-15(29)28-9-5-8-27(10-11-28)14-17-12-16-13-18(24)20-19(21(16)31-17)23(26-22(30)25-20)6-3-2-4-7-23/h12-13H,2-11,14H2,1H3,(H2,25,26,30). The number of benzene rings is 1. The number of urea groups is 1. The number of fused-ring (bicyclic) bond motifs is 4. The van der Waals surface area contributed by atoms with Crippen molar-refractivity contribution in [1.82, 2.24) is 15.1 Å². The van der Waals surface area contributed by atoms with Gasteiger partial charge in [-0.05, 0) is 31.4 Å². The van der Waals surface area contributed by atoms with Crippen LogP contribution >= 0.6 is 11.6 Å².